The van der Waals surface area contributed by atoms with Crippen LogP contribution in [0.4, 0.5) is 17.3 Å². The van der Waals surface area contributed by atoms with Gasteiger partial charge >= 0.3 is 0 Å². The molecule has 0 aliphatic carbocycles. The number of aromatic nitrogens is 2. The Hall–Kier alpha value is -2.34. The van der Waals surface area contributed by atoms with Gasteiger partial charge in [0.15, 0.2) is 0 Å². The van der Waals surface area contributed by atoms with Crippen LogP contribution in [0.25, 0.3) is 0 Å². The zero-order chi connectivity index (χ0) is 15.2. The van der Waals surface area contributed by atoms with Gasteiger partial charge in [0.2, 0.25) is 0 Å². The molecule has 2 aromatic rings. The third-order valence-electron chi connectivity index (χ3n) is 2.92. The maximum Gasteiger partial charge on any atom is 0.148 e. The van der Waals surface area contributed by atoms with Gasteiger partial charge in [-0.25, -0.2) is 15.8 Å². The Morgan fingerprint density at radius 2 is 1.81 bits per heavy atom. The van der Waals surface area contributed by atoms with E-state index in [0.29, 0.717) is 5.82 Å². The zero-order valence-electron chi connectivity index (χ0n) is 12.6. The smallest absolute Gasteiger partial charge is 0.148 e. The molecule has 0 saturated carbocycles. The molecule has 0 unspecified atom stereocenters. The van der Waals surface area contributed by atoms with Gasteiger partial charge in [0.25, 0.3) is 0 Å². The first-order valence-corrected chi connectivity index (χ1v) is 6.98. The Morgan fingerprint density at radius 3 is 2.38 bits per heavy atom. The van der Waals surface area contributed by atoms with Gasteiger partial charge < -0.3 is 15.5 Å². The summed E-state index contributed by atoms with van der Waals surface area (Å²) in [6.07, 6.45) is 2.42. The Labute approximate surface area is 124 Å². The van der Waals surface area contributed by atoms with Gasteiger partial charge in [0, 0.05) is 11.3 Å². The van der Waals surface area contributed by atoms with Crippen molar-refractivity contribution in [3.63, 3.8) is 0 Å². The molecule has 1 aromatic carbocycles. The highest BCUT2D eigenvalue weighted by Crippen LogP contribution is 2.24. The average molecular weight is 287 g/mol. The van der Waals surface area contributed by atoms with E-state index < -0.39 is 0 Å². The summed E-state index contributed by atoms with van der Waals surface area (Å²) < 4.78 is 5.62. The van der Waals surface area contributed by atoms with Crippen LogP contribution in [-0.4, -0.2) is 16.1 Å². The Bertz CT molecular complexity index is 583. The summed E-state index contributed by atoms with van der Waals surface area (Å²) in [5.41, 5.74) is 4.47. The largest absolute Gasteiger partial charge is 0.491 e. The first kappa shape index (κ1) is 15.1. The van der Waals surface area contributed by atoms with Crippen LogP contribution in [0.15, 0.2) is 30.6 Å². The van der Waals surface area contributed by atoms with Gasteiger partial charge in [-0.15, -0.1) is 0 Å². The van der Waals surface area contributed by atoms with Gasteiger partial charge in [-0.2, -0.15) is 0 Å². The summed E-state index contributed by atoms with van der Waals surface area (Å²) in [4.78, 5) is 8.39. The summed E-state index contributed by atoms with van der Waals surface area (Å²) >= 11 is 0. The second-order valence-electron chi connectivity index (χ2n) is 4.86. The molecule has 0 spiro atoms. The monoisotopic (exact) mass is 287 g/mol. The number of hydrogen-bond acceptors (Lipinski definition) is 6. The van der Waals surface area contributed by atoms with Gasteiger partial charge in [-0.1, -0.05) is 6.92 Å². The Kier molecular flexibility index (Phi) is 4.94. The van der Waals surface area contributed by atoms with E-state index in [9.17, 15) is 0 Å². The third-order valence-corrected chi connectivity index (χ3v) is 2.92. The molecule has 0 saturated heterocycles. The van der Waals surface area contributed by atoms with Gasteiger partial charge in [-0.3, -0.25) is 0 Å². The Morgan fingerprint density at radius 1 is 1.14 bits per heavy atom. The minimum absolute atomic E-state index is 0.163. The first-order chi connectivity index (χ1) is 10.1. The lowest BCUT2D eigenvalue weighted by atomic mass is 10.2. The molecule has 1 aromatic heterocycles. The number of nitrogens with two attached hydrogens (primary N) is 1. The standard InChI is InChI=1S/C15H21N5O/c1-4-13-14(17-9-18-15(13)20-16)19-11-5-7-12(8-6-11)21-10(2)3/h5-10H,4,16H2,1-3H3,(H2,17,18,19,20). The van der Waals surface area contributed by atoms with Crippen LogP contribution in [0.3, 0.4) is 0 Å². The highest BCUT2D eigenvalue weighted by atomic mass is 16.5. The normalized spacial score (nSPS) is 10.5. The summed E-state index contributed by atoms with van der Waals surface area (Å²) in [7, 11) is 0. The number of hydrogen-bond donors (Lipinski definition) is 3. The number of hydrazine groups is 1. The highest BCUT2D eigenvalue weighted by molar-refractivity contribution is 5.64. The lowest BCUT2D eigenvalue weighted by Crippen LogP contribution is -2.13. The number of nitrogen functional groups attached to an aromatic ring is 1. The number of rotatable bonds is 6. The van der Waals surface area contributed by atoms with E-state index in [1.165, 1.54) is 6.33 Å². The fourth-order valence-electron chi connectivity index (χ4n) is 2.01. The fraction of sp³-hybridized carbons (Fsp3) is 0.333. The van der Waals surface area contributed by atoms with Crippen molar-refractivity contribution >= 4 is 17.3 Å². The lowest BCUT2D eigenvalue weighted by Gasteiger charge is -2.14. The van der Waals surface area contributed by atoms with E-state index in [1.807, 2.05) is 45.0 Å². The van der Waals surface area contributed by atoms with E-state index >= 15 is 0 Å². The van der Waals surface area contributed by atoms with Crippen molar-refractivity contribution < 1.29 is 4.74 Å². The molecule has 0 atom stereocenters. The third kappa shape index (κ3) is 3.82. The molecule has 4 N–H and O–H groups in total. The van der Waals surface area contributed by atoms with Gasteiger partial charge in [0.05, 0.1) is 6.10 Å². The maximum atomic E-state index is 5.62. The molecule has 0 bridgehead atoms. The quantitative estimate of drug-likeness (QED) is 0.559. The minimum atomic E-state index is 0.163. The summed E-state index contributed by atoms with van der Waals surface area (Å²) in [6.45, 7) is 6.04. The Balaban J connectivity index is 2.18. The van der Waals surface area contributed by atoms with Crippen LogP contribution in [0.1, 0.15) is 26.3 Å². The van der Waals surface area contributed by atoms with Crippen LogP contribution in [0.2, 0.25) is 0 Å². The van der Waals surface area contributed by atoms with Crippen molar-refractivity contribution in [1.29, 1.82) is 0 Å². The predicted octanol–water partition coefficient (Wildman–Crippen LogP) is 2.86. The molecule has 112 valence electrons. The molecule has 0 radical (unpaired) electrons. The molecule has 6 heteroatoms. The van der Waals surface area contributed by atoms with Crippen molar-refractivity contribution in [2.24, 2.45) is 5.84 Å². The second kappa shape index (κ2) is 6.90. The molecule has 21 heavy (non-hydrogen) atoms. The van der Waals surface area contributed by atoms with Crippen molar-refractivity contribution in [2.75, 3.05) is 10.7 Å². The van der Waals surface area contributed by atoms with E-state index in [1.54, 1.807) is 0 Å². The maximum absolute atomic E-state index is 5.62. The first-order valence-electron chi connectivity index (χ1n) is 6.98. The number of benzene rings is 1. The van der Waals surface area contributed by atoms with Crippen LogP contribution < -0.4 is 21.3 Å². The summed E-state index contributed by atoms with van der Waals surface area (Å²) in [5.74, 6) is 7.70. The molecule has 6 nitrogen and oxygen atoms in total. The van der Waals surface area contributed by atoms with E-state index in [-0.39, 0.29) is 6.10 Å². The molecule has 2 rings (SSSR count). The predicted molar refractivity (Wildman–Crippen MR) is 84.7 cm³/mol. The average Bonchev–Trinajstić information content (AvgIpc) is 2.48. The lowest BCUT2D eigenvalue weighted by molar-refractivity contribution is 0.242. The highest BCUT2D eigenvalue weighted by Gasteiger charge is 2.09. The van der Waals surface area contributed by atoms with Crippen LogP contribution in [-0.2, 0) is 6.42 Å². The topological polar surface area (TPSA) is 85.1 Å². The van der Waals surface area contributed by atoms with Gasteiger partial charge in [0.1, 0.15) is 23.7 Å². The SMILES string of the molecule is CCc1c(NN)ncnc1Nc1ccc(OC(C)C)cc1. The number of ether oxygens (including phenoxy) is 1. The van der Waals surface area contributed by atoms with E-state index in [0.717, 1.165) is 29.2 Å². The van der Waals surface area contributed by atoms with Crippen molar-refractivity contribution in [3.05, 3.63) is 36.2 Å². The van der Waals surface area contributed by atoms with E-state index in [2.05, 4.69) is 20.7 Å². The molecular formula is C15H21N5O. The minimum Gasteiger partial charge on any atom is -0.491 e. The number of nitrogens with one attached hydrogen (secondary N) is 2. The van der Waals surface area contributed by atoms with Crippen LogP contribution >= 0.6 is 0 Å². The molecule has 0 aliphatic heterocycles. The van der Waals surface area contributed by atoms with Crippen LogP contribution in [0, 0.1) is 0 Å². The van der Waals surface area contributed by atoms with Crippen molar-refractivity contribution in [1.82, 2.24) is 9.97 Å². The van der Waals surface area contributed by atoms with E-state index in [4.69, 9.17) is 10.6 Å². The molecular weight excluding hydrogens is 266 g/mol. The van der Waals surface area contributed by atoms with Crippen molar-refractivity contribution in [2.45, 2.75) is 33.3 Å². The fourth-order valence-corrected chi connectivity index (χ4v) is 2.01. The summed E-state index contributed by atoms with van der Waals surface area (Å²) in [5, 5.41) is 3.28. The number of anilines is 3. The molecule has 0 aliphatic rings. The molecule has 0 fully saturated rings. The zero-order valence-corrected chi connectivity index (χ0v) is 12.6. The second-order valence-corrected chi connectivity index (χ2v) is 4.86. The molecule has 1 heterocycles. The van der Waals surface area contributed by atoms with Crippen LogP contribution in [0.5, 0.6) is 5.75 Å². The van der Waals surface area contributed by atoms with Crippen molar-refractivity contribution in [3.8, 4) is 5.75 Å². The molecule has 0 amide bonds. The number of nitrogens with zero attached hydrogens (tertiary/aromatic N) is 2. The van der Waals surface area contributed by atoms with Gasteiger partial charge in [-0.05, 0) is 44.5 Å². The summed E-state index contributed by atoms with van der Waals surface area (Å²) in [6, 6.07) is 7.76.